The van der Waals surface area contributed by atoms with E-state index in [4.69, 9.17) is 0 Å². The van der Waals surface area contributed by atoms with Crippen molar-refractivity contribution in [2.24, 2.45) is 7.05 Å². The van der Waals surface area contributed by atoms with Crippen LogP contribution in [0.25, 0.3) is 10.2 Å². The normalized spacial score (nSPS) is 19.3. The zero-order valence-electron chi connectivity index (χ0n) is 12.1. The highest BCUT2D eigenvalue weighted by Crippen LogP contribution is 2.27. The molecule has 0 bridgehead atoms. The second-order valence-corrected chi connectivity index (χ2v) is 6.38. The molecule has 3 heterocycles. The molecule has 1 unspecified atom stereocenters. The fraction of sp³-hybridized carbons (Fsp3) is 0.500. The van der Waals surface area contributed by atoms with Gasteiger partial charge in [0.25, 0.3) is 5.91 Å². The molecule has 1 saturated heterocycles. The van der Waals surface area contributed by atoms with Crippen LogP contribution in [0.3, 0.4) is 0 Å². The van der Waals surface area contributed by atoms with Crippen LogP contribution in [-0.4, -0.2) is 34.2 Å². The Kier molecular flexibility index (Phi) is 3.67. The van der Waals surface area contributed by atoms with Crippen LogP contribution in [0.4, 0.5) is 0 Å². The lowest BCUT2D eigenvalue weighted by Crippen LogP contribution is -2.45. The van der Waals surface area contributed by atoms with E-state index in [1.165, 1.54) is 11.3 Å². The summed E-state index contributed by atoms with van der Waals surface area (Å²) in [5, 5.41) is 11.0. The fourth-order valence-corrected chi connectivity index (χ4v) is 3.65. The molecule has 0 spiro atoms. The zero-order chi connectivity index (χ0) is 15.0. The van der Waals surface area contributed by atoms with Gasteiger partial charge in [-0.15, -0.1) is 11.3 Å². The molecule has 1 fully saturated rings. The third-order valence-corrected chi connectivity index (χ3v) is 4.96. The van der Waals surface area contributed by atoms with Crippen LogP contribution in [0.5, 0.6) is 0 Å². The number of carbonyl (C=O) groups is 2. The predicted molar refractivity (Wildman–Crippen MR) is 81.4 cm³/mol. The van der Waals surface area contributed by atoms with E-state index in [-0.39, 0.29) is 11.8 Å². The minimum atomic E-state index is -0.426. The van der Waals surface area contributed by atoms with Gasteiger partial charge in [0, 0.05) is 19.0 Å². The van der Waals surface area contributed by atoms with Gasteiger partial charge in [0.15, 0.2) is 0 Å². The molecule has 0 radical (unpaired) electrons. The average molecular weight is 306 g/mol. The molecule has 3 rings (SSSR count). The first-order valence-electron chi connectivity index (χ1n) is 7.08. The summed E-state index contributed by atoms with van der Waals surface area (Å²) in [6.45, 7) is 2.62. The van der Waals surface area contributed by atoms with Gasteiger partial charge in [-0.25, -0.2) is 0 Å². The molecule has 0 aliphatic carbocycles. The highest BCUT2D eigenvalue weighted by atomic mass is 32.1. The molecule has 1 atom stereocenters. The van der Waals surface area contributed by atoms with E-state index in [0.29, 0.717) is 17.8 Å². The second-order valence-electron chi connectivity index (χ2n) is 5.35. The highest BCUT2D eigenvalue weighted by molar-refractivity contribution is 7.20. The monoisotopic (exact) mass is 306 g/mol. The zero-order valence-corrected chi connectivity index (χ0v) is 12.9. The van der Waals surface area contributed by atoms with Gasteiger partial charge in [0.1, 0.15) is 10.9 Å². The maximum Gasteiger partial charge on any atom is 0.262 e. The number of thiophene rings is 1. The van der Waals surface area contributed by atoms with E-state index in [1.807, 2.05) is 20.0 Å². The molecule has 1 aliphatic rings. The first kappa shape index (κ1) is 14.1. The van der Waals surface area contributed by atoms with Gasteiger partial charge in [0.05, 0.1) is 10.6 Å². The SMILES string of the molecule is Cc1nn(C)c2sc(C(=O)NC3CCCCNC3=O)cc12. The third-order valence-electron chi connectivity index (χ3n) is 3.76. The van der Waals surface area contributed by atoms with Crippen LogP contribution >= 0.6 is 11.3 Å². The molecular weight excluding hydrogens is 288 g/mol. The summed E-state index contributed by atoms with van der Waals surface area (Å²) in [4.78, 5) is 25.8. The van der Waals surface area contributed by atoms with Gasteiger partial charge in [0.2, 0.25) is 5.91 Å². The highest BCUT2D eigenvalue weighted by Gasteiger charge is 2.24. The van der Waals surface area contributed by atoms with Crippen LogP contribution in [0, 0.1) is 6.92 Å². The number of aromatic nitrogens is 2. The maximum atomic E-state index is 12.4. The number of amides is 2. The van der Waals surface area contributed by atoms with Crippen LogP contribution < -0.4 is 10.6 Å². The minimum Gasteiger partial charge on any atom is -0.354 e. The number of fused-ring (bicyclic) bond motifs is 1. The Morgan fingerprint density at radius 2 is 2.33 bits per heavy atom. The summed E-state index contributed by atoms with van der Waals surface area (Å²) in [5.74, 6) is -0.266. The van der Waals surface area contributed by atoms with Crippen molar-refractivity contribution < 1.29 is 9.59 Å². The molecule has 21 heavy (non-hydrogen) atoms. The summed E-state index contributed by atoms with van der Waals surface area (Å²) in [6.07, 6.45) is 2.61. The van der Waals surface area contributed by atoms with Crippen molar-refractivity contribution in [2.45, 2.75) is 32.2 Å². The van der Waals surface area contributed by atoms with Gasteiger partial charge >= 0.3 is 0 Å². The number of rotatable bonds is 2. The lowest BCUT2D eigenvalue weighted by molar-refractivity contribution is -0.122. The first-order chi connectivity index (χ1) is 10.1. The van der Waals surface area contributed by atoms with Crippen LogP contribution in [0.2, 0.25) is 0 Å². The summed E-state index contributed by atoms with van der Waals surface area (Å²) in [6, 6.07) is 1.43. The van der Waals surface area contributed by atoms with Gasteiger partial charge < -0.3 is 10.6 Å². The van der Waals surface area contributed by atoms with E-state index in [2.05, 4.69) is 15.7 Å². The van der Waals surface area contributed by atoms with E-state index in [1.54, 1.807) is 4.68 Å². The van der Waals surface area contributed by atoms with Gasteiger partial charge in [-0.1, -0.05) is 0 Å². The molecule has 7 heteroatoms. The second kappa shape index (κ2) is 5.48. The lowest BCUT2D eigenvalue weighted by atomic mass is 10.1. The lowest BCUT2D eigenvalue weighted by Gasteiger charge is -2.14. The van der Waals surface area contributed by atoms with Gasteiger partial charge in [-0.3, -0.25) is 14.3 Å². The summed E-state index contributed by atoms with van der Waals surface area (Å²) in [5.41, 5.74) is 0.912. The summed E-state index contributed by atoms with van der Waals surface area (Å²) in [7, 11) is 1.87. The van der Waals surface area contributed by atoms with E-state index in [0.717, 1.165) is 28.8 Å². The molecule has 2 N–H and O–H groups in total. The van der Waals surface area contributed by atoms with Crippen molar-refractivity contribution >= 4 is 33.4 Å². The quantitative estimate of drug-likeness (QED) is 0.879. The van der Waals surface area contributed by atoms with Crippen molar-refractivity contribution in [1.29, 1.82) is 0 Å². The Bertz CT molecular complexity index is 669. The predicted octanol–water partition coefficient (Wildman–Crippen LogP) is 1.34. The topological polar surface area (TPSA) is 76.0 Å². The molecule has 2 aromatic heterocycles. The smallest absolute Gasteiger partial charge is 0.262 e. The Morgan fingerprint density at radius 1 is 1.52 bits per heavy atom. The number of aryl methyl sites for hydroxylation is 2. The molecule has 0 saturated carbocycles. The number of carbonyl (C=O) groups excluding carboxylic acids is 2. The standard InChI is InChI=1S/C14H18N4O2S/c1-8-9-7-11(21-14(9)18(2)17-8)13(20)16-10-5-3-4-6-15-12(10)19/h7,10H,3-6H2,1-2H3,(H,15,19)(H,16,20). The maximum absolute atomic E-state index is 12.4. The summed E-state index contributed by atoms with van der Waals surface area (Å²) >= 11 is 1.40. The van der Waals surface area contributed by atoms with Crippen molar-refractivity contribution in [3.63, 3.8) is 0 Å². The molecule has 2 aromatic rings. The van der Waals surface area contributed by atoms with Gasteiger partial charge in [-0.2, -0.15) is 5.10 Å². The van der Waals surface area contributed by atoms with E-state index >= 15 is 0 Å². The number of nitrogens with zero attached hydrogens (tertiary/aromatic N) is 2. The van der Waals surface area contributed by atoms with E-state index in [9.17, 15) is 9.59 Å². The fourth-order valence-electron chi connectivity index (χ4n) is 2.62. The van der Waals surface area contributed by atoms with Gasteiger partial charge in [-0.05, 0) is 32.3 Å². The number of hydrogen-bond acceptors (Lipinski definition) is 4. The molecule has 2 amide bonds. The molecule has 0 aromatic carbocycles. The van der Waals surface area contributed by atoms with Crippen molar-refractivity contribution in [3.05, 3.63) is 16.6 Å². The third kappa shape index (κ3) is 2.65. The Morgan fingerprint density at radius 3 is 3.10 bits per heavy atom. The Balaban J connectivity index is 1.80. The molecule has 1 aliphatic heterocycles. The van der Waals surface area contributed by atoms with Crippen LogP contribution in [0.15, 0.2) is 6.07 Å². The molecule has 6 nitrogen and oxygen atoms in total. The van der Waals surface area contributed by atoms with Crippen molar-refractivity contribution in [3.8, 4) is 0 Å². The average Bonchev–Trinajstić information content (AvgIpc) is 2.92. The molecule has 112 valence electrons. The number of nitrogens with one attached hydrogen (secondary N) is 2. The first-order valence-corrected chi connectivity index (χ1v) is 7.89. The minimum absolute atomic E-state index is 0.0835. The summed E-state index contributed by atoms with van der Waals surface area (Å²) < 4.78 is 1.78. The van der Waals surface area contributed by atoms with Crippen LogP contribution in [-0.2, 0) is 11.8 Å². The number of hydrogen-bond donors (Lipinski definition) is 2. The Hall–Kier alpha value is -1.89. The Labute approximate surface area is 126 Å². The van der Waals surface area contributed by atoms with E-state index < -0.39 is 6.04 Å². The largest absolute Gasteiger partial charge is 0.354 e. The van der Waals surface area contributed by atoms with Crippen molar-refractivity contribution in [1.82, 2.24) is 20.4 Å². The molecular formula is C14H18N4O2S. The van der Waals surface area contributed by atoms with Crippen LogP contribution in [0.1, 0.15) is 34.6 Å². The van der Waals surface area contributed by atoms with Crippen molar-refractivity contribution in [2.75, 3.05) is 6.54 Å².